The van der Waals surface area contributed by atoms with E-state index >= 15 is 0 Å². The van der Waals surface area contributed by atoms with Gasteiger partial charge in [0.1, 0.15) is 18.0 Å². The molecule has 4 nitrogen and oxygen atoms in total. The molecule has 0 amide bonds. The number of hydrogen-bond acceptors (Lipinski definition) is 4. The van der Waals surface area contributed by atoms with Crippen molar-refractivity contribution in [2.75, 3.05) is 29.9 Å². The first-order chi connectivity index (χ1) is 9.78. The van der Waals surface area contributed by atoms with Gasteiger partial charge in [0.05, 0.1) is 0 Å². The number of nitrogens with zero attached hydrogens (tertiary/aromatic N) is 3. The maximum absolute atomic E-state index is 4.56. The van der Waals surface area contributed by atoms with Crippen LogP contribution >= 0.6 is 0 Å². The van der Waals surface area contributed by atoms with Crippen molar-refractivity contribution in [2.45, 2.75) is 59.8 Å². The molecule has 0 aromatic carbocycles. The Balaban J connectivity index is 3.02. The van der Waals surface area contributed by atoms with E-state index in [1.165, 1.54) is 18.4 Å². The second kappa shape index (κ2) is 9.56. The lowest BCUT2D eigenvalue weighted by Gasteiger charge is -2.25. The molecule has 0 atom stereocenters. The summed E-state index contributed by atoms with van der Waals surface area (Å²) in [5.41, 5.74) is 1.28. The van der Waals surface area contributed by atoms with Crippen LogP contribution in [-0.4, -0.2) is 29.6 Å². The molecule has 114 valence electrons. The predicted molar refractivity (Wildman–Crippen MR) is 87.6 cm³/mol. The average Bonchev–Trinajstić information content (AvgIpc) is 2.48. The smallest absolute Gasteiger partial charge is 0.137 e. The molecule has 1 aromatic heterocycles. The number of anilines is 2. The zero-order valence-corrected chi connectivity index (χ0v) is 13.6. The summed E-state index contributed by atoms with van der Waals surface area (Å²) in [7, 11) is 0. The number of unbranched alkanes of at least 4 members (excludes halogenated alkanes) is 1. The first kappa shape index (κ1) is 16.7. The van der Waals surface area contributed by atoms with E-state index < -0.39 is 0 Å². The van der Waals surface area contributed by atoms with E-state index in [-0.39, 0.29) is 0 Å². The Bertz CT molecular complexity index is 379. The molecular formula is C16H30N4. The Kier molecular flexibility index (Phi) is 8.00. The molecule has 0 bridgehead atoms. The molecule has 1 N–H and O–H groups in total. The Morgan fingerprint density at radius 2 is 1.85 bits per heavy atom. The largest absolute Gasteiger partial charge is 0.370 e. The molecule has 4 heteroatoms. The molecule has 0 unspecified atom stereocenters. The molecular weight excluding hydrogens is 248 g/mol. The van der Waals surface area contributed by atoms with Gasteiger partial charge in [-0.3, -0.25) is 0 Å². The summed E-state index contributed by atoms with van der Waals surface area (Å²) in [5, 5.41) is 3.45. The van der Waals surface area contributed by atoms with Crippen molar-refractivity contribution in [2.24, 2.45) is 0 Å². The molecule has 0 saturated carbocycles. The van der Waals surface area contributed by atoms with E-state index in [0.29, 0.717) is 0 Å². The standard InChI is InChI=1S/C16H30N4/c1-5-9-12-20(8-4)16-14(10-6-2)15(17-11-7-3)18-13-19-16/h13H,5-12H2,1-4H3,(H,17,18,19). The second-order valence-corrected chi connectivity index (χ2v) is 5.13. The van der Waals surface area contributed by atoms with Gasteiger partial charge < -0.3 is 10.2 Å². The Labute approximate surface area is 124 Å². The van der Waals surface area contributed by atoms with Gasteiger partial charge in [0, 0.05) is 25.2 Å². The minimum Gasteiger partial charge on any atom is -0.370 e. The highest BCUT2D eigenvalue weighted by atomic mass is 15.2. The minimum atomic E-state index is 0.967. The van der Waals surface area contributed by atoms with Gasteiger partial charge >= 0.3 is 0 Å². The van der Waals surface area contributed by atoms with Crippen LogP contribution in [0.5, 0.6) is 0 Å². The van der Waals surface area contributed by atoms with Crippen molar-refractivity contribution in [1.29, 1.82) is 0 Å². The zero-order valence-electron chi connectivity index (χ0n) is 13.6. The molecule has 20 heavy (non-hydrogen) atoms. The molecule has 0 aliphatic rings. The lowest BCUT2D eigenvalue weighted by atomic mass is 10.1. The Morgan fingerprint density at radius 3 is 2.45 bits per heavy atom. The Hall–Kier alpha value is -1.32. The van der Waals surface area contributed by atoms with Crippen LogP contribution in [0.15, 0.2) is 6.33 Å². The summed E-state index contributed by atoms with van der Waals surface area (Å²) in [6, 6.07) is 0. The van der Waals surface area contributed by atoms with Crippen molar-refractivity contribution in [3.8, 4) is 0 Å². The normalized spacial score (nSPS) is 10.6. The molecule has 0 fully saturated rings. The third kappa shape index (κ3) is 4.66. The van der Waals surface area contributed by atoms with Gasteiger partial charge in [-0.05, 0) is 26.2 Å². The summed E-state index contributed by atoms with van der Waals surface area (Å²) in [6.07, 6.45) is 7.38. The highest BCUT2D eigenvalue weighted by molar-refractivity contribution is 5.58. The Morgan fingerprint density at radius 1 is 1.05 bits per heavy atom. The van der Waals surface area contributed by atoms with Gasteiger partial charge in [0.2, 0.25) is 0 Å². The molecule has 0 aliphatic carbocycles. The summed E-state index contributed by atoms with van der Waals surface area (Å²) in [5.74, 6) is 2.14. The second-order valence-electron chi connectivity index (χ2n) is 5.13. The van der Waals surface area contributed by atoms with Crippen molar-refractivity contribution >= 4 is 11.6 Å². The average molecular weight is 278 g/mol. The molecule has 0 aliphatic heterocycles. The molecule has 0 radical (unpaired) electrons. The fourth-order valence-electron chi connectivity index (χ4n) is 2.31. The number of nitrogens with one attached hydrogen (secondary N) is 1. The van der Waals surface area contributed by atoms with Crippen LogP contribution in [0.25, 0.3) is 0 Å². The fourth-order valence-corrected chi connectivity index (χ4v) is 2.31. The highest BCUT2D eigenvalue weighted by Crippen LogP contribution is 2.25. The van der Waals surface area contributed by atoms with Gasteiger partial charge in [0.25, 0.3) is 0 Å². The lowest BCUT2D eigenvalue weighted by molar-refractivity contribution is 0.716. The van der Waals surface area contributed by atoms with Crippen LogP contribution in [0.3, 0.4) is 0 Å². The summed E-state index contributed by atoms with van der Waals surface area (Å²) >= 11 is 0. The van der Waals surface area contributed by atoms with E-state index in [4.69, 9.17) is 0 Å². The number of rotatable bonds is 10. The third-order valence-corrected chi connectivity index (χ3v) is 3.43. The quantitative estimate of drug-likeness (QED) is 0.705. The molecule has 1 aromatic rings. The van der Waals surface area contributed by atoms with Crippen molar-refractivity contribution < 1.29 is 0 Å². The SMILES string of the molecule is CCCCN(CC)c1ncnc(NCCC)c1CCC. The summed E-state index contributed by atoms with van der Waals surface area (Å²) < 4.78 is 0. The molecule has 1 heterocycles. The fraction of sp³-hybridized carbons (Fsp3) is 0.750. The van der Waals surface area contributed by atoms with Crippen LogP contribution in [0.4, 0.5) is 11.6 Å². The summed E-state index contributed by atoms with van der Waals surface area (Å²) in [4.78, 5) is 11.4. The van der Waals surface area contributed by atoms with Crippen LogP contribution in [0.2, 0.25) is 0 Å². The van der Waals surface area contributed by atoms with Gasteiger partial charge in [-0.2, -0.15) is 0 Å². The number of aromatic nitrogens is 2. The maximum Gasteiger partial charge on any atom is 0.137 e. The molecule has 0 spiro atoms. The van der Waals surface area contributed by atoms with Crippen molar-refractivity contribution in [3.05, 3.63) is 11.9 Å². The van der Waals surface area contributed by atoms with Gasteiger partial charge in [-0.25, -0.2) is 9.97 Å². The van der Waals surface area contributed by atoms with E-state index in [9.17, 15) is 0 Å². The van der Waals surface area contributed by atoms with Crippen molar-refractivity contribution in [3.63, 3.8) is 0 Å². The van der Waals surface area contributed by atoms with E-state index in [2.05, 4.69) is 47.9 Å². The first-order valence-electron chi connectivity index (χ1n) is 8.11. The first-order valence-corrected chi connectivity index (χ1v) is 8.11. The predicted octanol–water partition coefficient (Wildman–Crippen LogP) is 3.88. The van der Waals surface area contributed by atoms with Crippen LogP contribution < -0.4 is 10.2 Å². The molecule has 0 saturated heterocycles. The van der Waals surface area contributed by atoms with Gasteiger partial charge in [-0.1, -0.05) is 33.6 Å². The lowest BCUT2D eigenvalue weighted by Crippen LogP contribution is -2.27. The van der Waals surface area contributed by atoms with Crippen LogP contribution in [0, 0.1) is 0 Å². The monoisotopic (exact) mass is 278 g/mol. The van der Waals surface area contributed by atoms with E-state index in [1.54, 1.807) is 6.33 Å². The van der Waals surface area contributed by atoms with Crippen LogP contribution in [0.1, 0.15) is 58.9 Å². The van der Waals surface area contributed by atoms with Gasteiger partial charge in [-0.15, -0.1) is 0 Å². The third-order valence-electron chi connectivity index (χ3n) is 3.43. The topological polar surface area (TPSA) is 41.1 Å². The number of hydrogen-bond donors (Lipinski definition) is 1. The van der Waals surface area contributed by atoms with Crippen LogP contribution in [-0.2, 0) is 6.42 Å². The minimum absolute atomic E-state index is 0.967. The highest BCUT2D eigenvalue weighted by Gasteiger charge is 2.15. The van der Waals surface area contributed by atoms with E-state index in [1.807, 2.05) is 0 Å². The maximum atomic E-state index is 4.56. The molecule has 1 rings (SSSR count). The van der Waals surface area contributed by atoms with Gasteiger partial charge in [0.15, 0.2) is 0 Å². The van der Waals surface area contributed by atoms with E-state index in [0.717, 1.165) is 50.5 Å². The van der Waals surface area contributed by atoms with Crippen molar-refractivity contribution in [1.82, 2.24) is 9.97 Å². The summed E-state index contributed by atoms with van der Waals surface area (Å²) in [6.45, 7) is 11.9. The zero-order chi connectivity index (χ0) is 14.8.